The zero-order valence-electron chi connectivity index (χ0n) is 11.4. The third kappa shape index (κ3) is 5.78. The summed E-state index contributed by atoms with van der Waals surface area (Å²) in [4.78, 5) is 32.9. The number of nitrogens with zero attached hydrogens (tertiary/aromatic N) is 1. The highest BCUT2D eigenvalue weighted by atomic mass is 35.5. The number of rotatable bonds is 7. The van der Waals surface area contributed by atoms with Crippen LogP contribution in [0.2, 0.25) is 5.02 Å². The molecule has 7 nitrogen and oxygen atoms in total. The Kier molecular flexibility index (Phi) is 6.61. The third-order valence-electron chi connectivity index (χ3n) is 2.53. The highest BCUT2D eigenvalue weighted by Crippen LogP contribution is 2.27. The van der Waals surface area contributed by atoms with Crippen molar-refractivity contribution in [2.45, 2.75) is 26.2 Å². The highest BCUT2D eigenvalue weighted by molar-refractivity contribution is 6.32. The van der Waals surface area contributed by atoms with E-state index in [-0.39, 0.29) is 22.8 Å². The molecule has 0 aliphatic heterocycles. The number of anilines is 1. The number of hydrogen-bond acceptors (Lipinski definition) is 5. The lowest BCUT2D eigenvalue weighted by Crippen LogP contribution is -2.20. The maximum atomic E-state index is 11.6. The largest absolute Gasteiger partial charge is 0.456 e. The van der Waals surface area contributed by atoms with E-state index in [9.17, 15) is 19.7 Å². The van der Waals surface area contributed by atoms with Crippen molar-refractivity contribution in [1.29, 1.82) is 0 Å². The van der Waals surface area contributed by atoms with Gasteiger partial charge in [-0.1, -0.05) is 24.9 Å². The molecule has 0 aliphatic carbocycles. The van der Waals surface area contributed by atoms with Crippen LogP contribution >= 0.6 is 11.6 Å². The SMILES string of the molecule is CCCCC(=O)OCC(=O)Nc1ccc(Cl)c([N+](=O)[O-])c1. The minimum atomic E-state index is -0.650. The summed E-state index contributed by atoms with van der Waals surface area (Å²) in [5.41, 5.74) is -0.102. The fourth-order valence-corrected chi connectivity index (χ4v) is 1.65. The minimum Gasteiger partial charge on any atom is -0.456 e. The summed E-state index contributed by atoms with van der Waals surface area (Å²) in [7, 11) is 0. The van der Waals surface area contributed by atoms with E-state index in [1.165, 1.54) is 12.1 Å². The molecule has 114 valence electrons. The molecule has 1 aromatic carbocycles. The number of unbranched alkanes of at least 4 members (excludes halogenated alkanes) is 1. The summed E-state index contributed by atoms with van der Waals surface area (Å²) in [6.45, 7) is 1.51. The summed E-state index contributed by atoms with van der Waals surface area (Å²) in [5, 5.41) is 13.1. The number of benzene rings is 1. The molecule has 0 unspecified atom stereocenters. The molecule has 0 saturated heterocycles. The molecule has 0 fully saturated rings. The van der Waals surface area contributed by atoms with Gasteiger partial charge in [0.15, 0.2) is 6.61 Å². The molecular formula is C13H15ClN2O5. The van der Waals surface area contributed by atoms with Crippen molar-refractivity contribution in [3.8, 4) is 0 Å². The van der Waals surface area contributed by atoms with Gasteiger partial charge in [-0.2, -0.15) is 0 Å². The Hall–Kier alpha value is -2.15. The standard InChI is InChI=1S/C13H15ClN2O5/c1-2-3-4-13(18)21-8-12(17)15-9-5-6-10(14)11(7-9)16(19)20/h5-7H,2-4,8H2,1H3,(H,15,17). The molecule has 0 aliphatic rings. The molecule has 1 N–H and O–H groups in total. The topological polar surface area (TPSA) is 98.5 Å². The number of nitrogens with one attached hydrogen (secondary N) is 1. The van der Waals surface area contributed by atoms with Crippen molar-refractivity contribution in [1.82, 2.24) is 0 Å². The van der Waals surface area contributed by atoms with Gasteiger partial charge in [-0.25, -0.2) is 0 Å². The second kappa shape index (κ2) is 8.21. The molecule has 1 amide bonds. The first kappa shape index (κ1) is 16.9. The van der Waals surface area contributed by atoms with E-state index in [0.29, 0.717) is 6.42 Å². The second-order valence-electron chi connectivity index (χ2n) is 4.24. The lowest BCUT2D eigenvalue weighted by atomic mass is 10.2. The van der Waals surface area contributed by atoms with Gasteiger partial charge in [0, 0.05) is 18.2 Å². The number of carbonyl (C=O) groups excluding carboxylic acids is 2. The number of nitro groups is 1. The Balaban J connectivity index is 2.53. The van der Waals surface area contributed by atoms with E-state index < -0.39 is 23.4 Å². The number of ether oxygens (including phenoxy) is 1. The number of nitro benzene ring substituents is 1. The van der Waals surface area contributed by atoms with Crippen LogP contribution in [0.4, 0.5) is 11.4 Å². The quantitative estimate of drug-likeness (QED) is 0.474. The van der Waals surface area contributed by atoms with Gasteiger partial charge in [-0.3, -0.25) is 19.7 Å². The van der Waals surface area contributed by atoms with Crippen molar-refractivity contribution < 1.29 is 19.2 Å². The Morgan fingerprint density at radius 2 is 2.14 bits per heavy atom. The summed E-state index contributed by atoms with van der Waals surface area (Å²) in [6, 6.07) is 3.87. The maximum Gasteiger partial charge on any atom is 0.306 e. The Morgan fingerprint density at radius 3 is 2.76 bits per heavy atom. The molecule has 0 heterocycles. The summed E-state index contributed by atoms with van der Waals surface area (Å²) >= 11 is 5.66. The fraction of sp³-hybridized carbons (Fsp3) is 0.385. The zero-order chi connectivity index (χ0) is 15.8. The van der Waals surface area contributed by atoms with Crippen LogP contribution in [0.3, 0.4) is 0 Å². The lowest BCUT2D eigenvalue weighted by molar-refractivity contribution is -0.384. The highest BCUT2D eigenvalue weighted by Gasteiger charge is 2.14. The van der Waals surface area contributed by atoms with Crippen molar-refractivity contribution in [2.24, 2.45) is 0 Å². The van der Waals surface area contributed by atoms with E-state index in [0.717, 1.165) is 12.5 Å². The first-order chi connectivity index (χ1) is 9.93. The molecular weight excluding hydrogens is 300 g/mol. The van der Waals surface area contributed by atoms with Crippen molar-refractivity contribution in [3.63, 3.8) is 0 Å². The molecule has 0 spiro atoms. The summed E-state index contributed by atoms with van der Waals surface area (Å²) < 4.78 is 4.77. The summed E-state index contributed by atoms with van der Waals surface area (Å²) in [6.07, 6.45) is 1.82. The molecule has 1 rings (SSSR count). The molecule has 0 radical (unpaired) electrons. The van der Waals surface area contributed by atoms with E-state index >= 15 is 0 Å². The number of hydrogen-bond donors (Lipinski definition) is 1. The minimum absolute atomic E-state index is 0.0241. The van der Waals surface area contributed by atoms with E-state index in [4.69, 9.17) is 16.3 Å². The maximum absolute atomic E-state index is 11.6. The monoisotopic (exact) mass is 314 g/mol. The Bertz CT molecular complexity index is 547. The number of amides is 1. The predicted octanol–water partition coefficient (Wildman–Crippen LogP) is 2.92. The fourth-order valence-electron chi connectivity index (χ4n) is 1.47. The molecule has 0 saturated carbocycles. The molecule has 1 aromatic rings. The van der Waals surface area contributed by atoms with Gasteiger partial charge >= 0.3 is 5.97 Å². The Labute approximate surface area is 126 Å². The molecule has 0 aromatic heterocycles. The number of esters is 1. The molecule has 21 heavy (non-hydrogen) atoms. The van der Waals surface area contributed by atoms with Gasteiger partial charge in [0.05, 0.1) is 4.92 Å². The van der Waals surface area contributed by atoms with Crippen molar-refractivity contribution >= 4 is 34.9 Å². The number of halogens is 1. The van der Waals surface area contributed by atoms with Crippen LogP contribution in [-0.2, 0) is 14.3 Å². The third-order valence-corrected chi connectivity index (χ3v) is 2.84. The van der Waals surface area contributed by atoms with Crippen LogP contribution in [0.15, 0.2) is 18.2 Å². The number of carbonyl (C=O) groups is 2. The van der Waals surface area contributed by atoms with E-state index in [1.807, 2.05) is 6.92 Å². The van der Waals surface area contributed by atoms with Gasteiger partial charge < -0.3 is 10.1 Å². The average molecular weight is 315 g/mol. The van der Waals surface area contributed by atoms with Crippen LogP contribution in [0.5, 0.6) is 0 Å². The smallest absolute Gasteiger partial charge is 0.306 e. The van der Waals surface area contributed by atoms with Gasteiger partial charge in [0.25, 0.3) is 11.6 Å². The lowest BCUT2D eigenvalue weighted by Gasteiger charge is -2.06. The van der Waals surface area contributed by atoms with Crippen molar-refractivity contribution in [3.05, 3.63) is 33.3 Å². The van der Waals surface area contributed by atoms with Crippen molar-refractivity contribution in [2.75, 3.05) is 11.9 Å². The van der Waals surface area contributed by atoms with Crippen LogP contribution in [0.25, 0.3) is 0 Å². The molecule has 0 bridgehead atoms. The van der Waals surface area contributed by atoms with Gasteiger partial charge in [-0.05, 0) is 18.6 Å². The van der Waals surface area contributed by atoms with Crippen LogP contribution in [0.1, 0.15) is 26.2 Å². The predicted molar refractivity (Wildman–Crippen MR) is 77.2 cm³/mol. The average Bonchev–Trinajstić information content (AvgIpc) is 2.44. The van der Waals surface area contributed by atoms with E-state index in [1.54, 1.807) is 0 Å². The summed E-state index contributed by atoms with van der Waals surface area (Å²) in [5.74, 6) is -1.02. The van der Waals surface area contributed by atoms with Crippen LogP contribution < -0.4 is 5.32 Å². The first-order valence-electron chi connectivity index (χ1n) is 6.33. The van der Waals surface area contributed by atoms with Gasteiger partial charge in [0.1, 0.15) is 5.02 Å². The zero-order valence-corrected chi connectivity index (χ0v) is 12.2. The van der Waals surface area contributed by atoms with Gasteiger partial charge in [-0.15, -0.1) is 0 Å². The first-order valence-corrected chi connectivity index (χ1v) is 6.71. The normalized spacial score (nSPS) is 10.0. The van der Waals surface area contributed by atoms with Gasteiger partial charge in [0.2, 0.25) is 0 Å². The molecule has 8 heteroatoms. The Morgan fingerprint density at radius 1 is 1.43 bits per heavy atom. The van der Waals surface area contributed by atoms with Crippen LogP contribution in [0, 0.1) is 10.1 Å². The molecule has 0 atom stereocenters. The second-order valence-corrected chi connectivity index (χ2v) is 4.64. The van der Waals surface area contributed by atoms with Crippen LogP contribution in [-0.4, -0.2) is 23.4 Å². The van der Waals surface area contributed by atoms with E-state index in [2.05, 4.69) is 5.32 Å².